The third-order valence-corrected chi connectivity index (χ3v) is 4.84. The molecule has 4 heteroatoms. The number of carbonyl (C=O) groups excluding carboxylic acids is 1. The Kier molecular flexibility index (Phi) is 4.26. The van der Waals surface area contributed by atoms with Crippen molar-refractivity contribution >= 4 is 17.3 Å². The fraction of sp³-hybridized carbons (Fsp3) is 0.286. The normalized spacial score (nSPS) is 14.9. The largest absolute Gasteiger partial charge is 0.493 e. The van der Waals surface area contributed by atoms with Gasteiger partial charge in [0.1, 0.15) is 29.2 Å². The zero-order valence-electron chi connectivity index (χ0n) is 13.8. The van der Waals surface area contributed by atoms with Gasteiger partial charge in [0, 0.05) is 10.9 Å². The summed E-state index contributed by atoms with van der Waals surface area (Å²) >= 11 is 0. The number of fused-ring (bicyclic) bond motifs is 1. The molecule has 0 amide bonds. The molecule has 2 aromatic carbocycles. The van der Waals surface area contributed by atoms with Crippen LogP contribution >= 0.6 is 0 Å². The molecule has 0 bridgehead atoms. The Balaban J connectivity index is 1.58. The highest BCUT2D eigenvalue weighted by molar-refractivity contribution is 5.85. The summed E-state index contributed by atoms with van der Waals surface area (Å²) in [6, 6.07) is 11.8. The van der Waals surface area contributed by atoms with E-state index >= 15 is 0 Å². The van der Waals surface area contributed by atoms with E-state index in [2.05, 4.69) is 0 Å². The minimum atomic E-state index is -0.471. The Morgan fingerprint density at radius 1 is 1.12 bits per heavy atom. The molecule has 1 saturated carbocycles. The molecule has 25 heavy (non-hydrogen) atoms. The first-order valence-corrected chi connectivity index (χ1v) is 8.64. The van der Waals surface area contributed by atoms with E-state index in [-0.39, 0.29) is 0 Å². The Bertz CT molecular complexity index is 907. The Labute approximate surface area is 145 Å². The summed E-state index contributed by atoms with van der Waals surface area (Å²) in [5, 5.41) is 0.873. The minimum absolute atomic E-state index is 0.306. The van der Waals surface area contributed by atoms with Crippen LogP contribution in [-0.4, -0.2) is 12.9 Å². The molecule has 1 aliphatic rings. The van der Waals surface area contributed by atoms with Crippen LogP contribution in [0.4, 0.5) is 4.39 Å². The summed E-state index contributed by atoms with van der Waals surface area (Å²) in [5.41, 5.74) is 1.33. The van der Waals surface area contributed by atoms with Crippen molar-refractivity contribution in [2.75, 3.05) is 6.61 Å². The number of hydrogen-bond acceptors (Lipinski definition) is 3. The van der Waals surface area contributed by atoms with Crippen LogP contribution in [0.2, 0.25) is 0 Å². The highest BCUT2D eigenvalue weighted by atomic mass is 19.1. The molecule has 3 aromatic rings. The number of ether oxygens (including phenoxy) is 1. The lowest BCUT2D eigenvalue weighted by Gasteiger charge is -2.11. The summed E-state index contributed by atoms with van der Waals surface area (Å²) < 4.78 is 25.9. The van der Waals surface area contributed by atoms with E-state index in [4.69, 9.17) is 9.15 Å². The summed E-state index contributed by atoms with van der Waals surface area (Å²) in [6.45, 7) is 0.748. The van der Waals surface area contributed by atoms with Crippen LogP contribution in [0, 0.1) is 11.7 Å². The molecule has 0 atom stereocenters. The van der Waals surface area contributed by atoms with Crippen molar-refractivity contribution in [2.24, 2.45) is 5.92 Å². The van der Waals surface area contributed by atoms with Gasteiger partial charge in [0.25, 0.3) is 0 Å². The number of rotatable bonds is 5. The predicted molar refractivity (Wildman–Crippen MR) is 94.4 cm³/mol. The van der Waals surface area contributed by atoms with Gasteiger partial charge in [-0.25, -0.2) is 4.39 Å². The SMILES string of the molecule is O=Cc1ccc(-c2cc3cc(OCC4CCCC4)ccc3o2)c(F)c1. The van der Waals surface area contributed by atoms with E-state index in [1.165, 1.54) is 31.7 Å². The first kappa shape index (κ1) is 15.9. The monoisotopic (exact) mass is 338 g/mol. The number of hydrogen-bond donors (Lipinski definition) is 0. The van der Waals surface area contributed by atoms with E-state index < -0.39 is 5.82 Å². The van der Waals surface area contributed by atoms with Crippen LogP contribution in [0.15, 0.2) is 46.9 Å². The molecule has 0 N–H and O–H groups in total. The zero-order chi connectivity index (χ0) is 17.2. The topological polar surface area (TPSA) is 39.4 Å². The van der Waals surface area contributed by atoms with Gasteiger partial charge in [-0.1, -0.05) is 18.9 Å². The van der Waals surface area contributed by atoms with Crippen molar-refractivity contribution in [3.63, 3.8) is 0 Å². The third-order valence-electron chi connectivity index (χ3n) is 4.84. The van der Waals surface area contributed by atoms with E-state index in [1.807, 2.05) is 18.2 Å². The quantitative estimate of drug-likeness (QED) is 0.567. The maximum Gasteiger partial charge on any atom is 0.150 e. The van der Waals surface area contributed by atoms with Crippen molar-refractivity contribution in [3.8, 4) is 17.1 Å². The average Bonchev–Trinajstić information content (AvgIpc) is 3.28. The average molecular weight is 338 g/mol. The standard InChI is InChI=1S/C21H19FO3/c22-19-9-15(12-23)5-7-18(19)21-11-16-10-17(6-8-20(16)25-21)24-13-14-3-1-2-4-14/h5-12,14H,1-4,13H2. The maximum absolute atomic E-state index is 14.2. The van der Waals surface area contributed by atoms with Crippen LogP contribution in [0.3, 0.4) is 0 Å². The lowest BCUT2D eigenvalue weighted by atomic mass is 10.1. The predicted octanol–water partition coefficient (Wildman–Crippen LogP) is 5.62. The molecule has 128 valence electrons. The minimum Gasteiger partial charge on any atom is -0.493 e. The molecule has 0 unspecified atom stereocenters. The highest BCUT2D eigenvalue weighted by Gasteiger charge is 2.16. The summed E-state index contributed by atoms with van der Waals surface area (Å²) in [7, 11) is 0. The molecule has 0 spiro atoms. The summed E-state index contributed by atoms with van der Waals surface area (Å²) in [4.78, 5) is 10.7. The number of benzene rings is 2. The number of aldehydes is 1. The zero-order valence-corrected chi connectivity index (χ0v) is 13.8. The Morgan fingerprint density at radius 3 is 2.72 bits per heavy atom. The Hall–Kier alpha value is -2.62. The van der Waals surface area contributed by atoms with Crippen molar-refractivity contribution in [3.05, 3.63) is 53.8 Å². The summed E-state index contributed by atoms with van der Waals surface area (Å²) in [5.74, 6) is 1.43. The second-order valence-electron chi connectivity index (χ2n) is 6.63. The summed E-state index contributed by atoms with van der Waals surface area (Å²) in [6.07, 6.45) is 5.71. The first-order valence-electron chi connectivity index (χ1n) is 8.64. The van der Waals surface area contributed by atoms with Crippen molar-refractivity contribution < 1.29 is 18.3 Å². The van der Waals surface area contributed by atoms with Crippen molar-refractivity contribution in [1.29, 1.82) is 0 Å². The highest BCUT2D eigenvalue weighted by Crippen LogP contribution is 2.32. The van der Waals surface area contributed by atoms with E-state index in [9.17, 15) is 9.18 Å². The van der Waals surface area contributed by atoms with Gasteiger partial charge in [-0.2, -0.15) is 0 Å². The smallest absolute Gasteiger partial charge is 0.150 e. The molecule has 4 rings (SSSR count). The number of carbonyl (C=O) groups is 1. The van der Waals surface area contributed by atoms with Crippen molar-refractivity contribution in [1.82, 2.24) is 0 Å². The maximum atomic E-state index is 14.2. The van der Waals surface area contributed by atoms with Crippen LogP contribution in [0.25, 0.3) is 22.3 Å². The van der Waals surface area contributed by atoms with Gasteiger partial charge in [-0.15, -0.1) is 0 Å². The molecule has 1 aliphatic carbocycles. The molecule has 0 radical (unpaired) electrons. The lowest BCUT2D eigenvalue weighted by Crippen LogP contribution is -2.07. The second-order valence-corrected chi connectivity index (χ2v) is 6.63. The second kappa shape index (κ2) is 6.71. The molecule has 1 heterocycles. The molecular formula is C21H19FO3. The van der Waals surface area contributed by atoms with Crippen LogP contribution in [0.5, 0.6) is 5.75 Å². The third kappa shape index (κ3) is 3.29. The van der Waals surface area contributed by atoms with E-state index in [0.29, 0.717) is 34.7 Å². The fourth-order valence-electron chi connectivity index (χ4n) is 3.44. The van der Waals surface area contributed by atoms with E-state index in [1.54, 1.807) is 18.2 Å². The molecule has 3 nitrogen and oxygen atoms in total. The Morgan fingerprint density at radius 2 is 1.96 bits per heavy atom. The van der Waals surface area contributed by atoms with E-state index in [0.717, 1.165) is 17.7 Å². The first-order chi connectivity index (χ1) is 12.2. The number of furan rings is 1. The molecular weight excluding hydrogens is 319 g/mol. The number of halogens is 1. The molecule has 0 aliphatic heterocycles. The van der Waals surface area contributed by atoms with Crippen LogP contribution in [0.1, 0.15) is 36.0 Å². The van der Waals surface area contributed by atoms with Gasteiger partial charge >= 0.3 is 0 Å². The molecule has 1 aromatic heterocycles. The van der Waals surface area contributed by atoms with Gasteiger partial charge in [0.15, 0.2) is 0 Å². The fourth-order valence-corrected chi connectivity index (χ4v) is 3.44. The lowest BCUT2D eigenvalue weighted by molar-refractivity contribution is 0.112. The molecule has 0 saturated heterocycles. The van der Waals surface area contributed by atoms with Gasteiger partial charge in [0.2, 0.25) is 0 Å². The van der Waals surface area contributed by atoms with Crippen LogP contribution < -0.4 is 4.74 Å². The van der Waals surface area contributed by atoms with Gasteiger partial charge in [-0.05, 0) is 55.2 Å². The van der Waals surface area contributed by atoms with Gasteiger partial charge < -0.3 is 9.15 Å². The molecule has 1 fully saturated rings. The van der Waals surface area contributed by atoms with Crippen LogP contribution in [-0.2, 0) is 0 Å². The van der Waals surface area contributed by atoms with Crippen molar-refractivity contribution in [2.45, 2.75) is 25.7 Å². The van der Waals surface area contributed by atoms with Gasteiger partial charge in [0.05, 0.1) is 12.2 Å². The van der Waals surface area contributed by atoms with Gasteiger partial charge in [-0.3, -0.25) is 4.79 Å².